The van der Waals surface area contributed by atoms with Crippen molar-refractivity contribution in [1.82, 2.24) is 0 Å². The average Bonchev–Trinajstić information content (AvgIpc) is 3.80. The van der Waals surface area contributed by atoms with E-state index >= 15 is 0 Å². The van der Waals surface area contributed by atoms with Crippen LogP contribution < -0.4 is 10.2 Å². The third kappa shape index (κ3) is 4.83. The molecule has 2 aromatic carbocycles. The summed E-state index contributed by atoms with van der Waals surface area (Å²) in [6.07, 6.45) is 0. The van der Waals surface area contributed by atoms with Gasteiger partial charge in [-0.05, 0) is 64.9 Å². The van der Waals surface area contributed by atoms with Crippen molar-refractivity contribution in [1.29, 1.82) is 0 Å². The number of fused-ring (bicyclic) bond motifs is 2. The quantitative estimate of drug-likeness (QED) is 0.134. The molecule has 0 unspecified atom stereocenters. The number of thiophene rings is 3. The zero-order chi connectivity index (χ0) is 28.6. The van der Waals surface area contributed by atoms with Crippen LogP contribution in [0.25, 0.3) is 52.9 Å². The monoisotopic (exact) mass is 606 g/mol. The van der Waals surface area contributed by atoms with E-state index in [0.29, 0.717) is 34.8 Å². The second-order valence-corrected chi connectivity index (χ2v) is 12.5. The van der Waals surface area contributed by atoms with Gasteiger partial charge in [0.15, 0.2) is 5.43 Å². The van der Waals surface area contributed by atoms with Crippen LogP contribution in [-0.2, 0) is 11.3 Å². The first kappa shape index (κ1) is 26.4. The number of methoxy groups -OCH3 is 1. The smallest absolute Gasteiger partial charge is 0.338 e. The van der Waals surface area contributed by atoms with Crippen molar-refractivity contribution in [2.24, 2.45) is 0 Å². The van der Waals surface area contributed by atoms with Gasteiger partial charge in [0.25, 0.3) is 0 Å². The number of carbonyl (C=O) groups excluding carboxylic acids is 1. The highest BCUT2D eigenvalue weighted by atomic mass is 32.1. The van der Waals surface area contributed by atoms with E-state index in [2.05, 4.69) is 41.1 Å². The summed E-state index contributed by atoms with van der Waals surface area (Å²) in [6, 6.07) is 28.3. The van der Waals surface area contributed by atoms with Crippen LogP contribution in [0.1, 0.15) is 15.9 Å². The molecule has 0 amide bonds. The Kier molecular flexibility index (Phi) is 6.95. The van der Waals surface area contributed by atoms with E-state index in [4.69, 9.17) is 13.9 Å². The summed E-state index contributed by atoms with van der Waals surface area (Å²) < 4.78 is 17.7. The van der Waals surface area contributed by atoms with Gasteiger partial charge in [0.2, 0.25) is 0 Å². The van der Waals surface area contributed by atoms with E-state index in [-0.39, 0.29) is 5.43 Å². The van der Waals surface area contributed by atoms with Gasteiger partial charge in [-0.25, -0.2) is 4.79 Å². The molecule has 0 radical (unpaired) electrons. The molecule has 3 aromatic heterocycles. The molecule has 2 aliphatic rings. The fourth-order valence-electron chi connectivity index (χ4n) is 5.07. The van der Waals surface area contributed by atoms with Gasteiger partial charge in [-0.1, -0.05) is 30.3 Å². The van der Waals surface area contributed by atoms with Gasteiger partial charge in [-0.15, -0.1) is 34.0 Å². The van der Waals surface area contributed by atoms with E-state index in [1.165, 1.54) is 38.8 Å². The van der Waals surface area contributed by atoms with Gasteiger partial charge in [-0.2, -0.15) is 0 Å². The van der Waals surface area contributed by atoms with Gasteiger partial charge in [0.1, 0.15) is 23.7 Å². The van der Waals surface area contributed by atoms with E-state index < -0.39 is 5.97 Å². The summed E-state index contributed by atoms with van der Waals surface area (Å²) in [4.78, 5) is 29.8. The molecule has 42 heavy (non-hydrogen) atoms. The Morgan fingerprint density at radius 3 is 2.40 bits per heavy atom. The van der Waals surface area contributed by atoms with E-state index in [0.717, 1.165) is 22.1 Å². The number of rotatable bonds is 7. The predicted octanol–water partition coefficient (Wildman–Crippen LogP) is 9.45. The molecule has 5 aromatic rings. The minimum atomic E-state index is -0.438. The zero-order valence-electron chi connectivity index (χ0n) is 22.3. The Morgan fingerprint density at radius 1 is 0.810 bits per heavy atom. The Balaban J connectivity index is 1.31. The lowest BCUT2D eigenvalue weighted by atomic mass is 9.91. The lowest BCUT2D eigenvalue weighted by Crippen LogP contribution is -2.05. The second-order valence-electron chi connectivity index (χ2n) is 9.54. The van der Waals surface area contributed by atoms with Crippen LogP contribution >= 0.6 is 34.0 Å². The molecule has 0 saturated heterocycles. The highest BCUT2D eigenvalue weighted by molar-refractivity contribution is 7.26. The number of ether oxygens (including phenoxy) is 2. The van der Waals surface area contributed by atoms with Gasteiger partial charge in [0, 0.05) is 48.8 Å². The molecule has 8 heteroatoms. The summed E-state index contributed by atoms with van der Waals surface area (Å²) in [7, 11) is 1.36. The highest BCUT2D eigenvalue weighted by Gasteiger charge is 2.22. The number of hydrogen-bond acceptors (Lipinski definition) is 8. The molecule has 1 aliphatic heterocycles. The number of hydrogen-bond donors (Lipinski definition) is 0. The van der Waals surface area contributed by atoms with Crippen molar-refractivity contribution in [2.75, 3.05) is 7.11 Å². The van der Waals surface area contributed by atoms with Gasteiger partial charge in [-0.3, -0.25) is 4.79 Å². The standard InChI is InChI=1S/C34H22O5S3/c1-37-34(36)24-7-3-2-6-23(24)32-25-12-10-21(35)17-27(25)39-28-18-22(11-13-26(28)32)38-19-20-16-31(29-8-4-14-40-29)42-33(20)30-9-5-15-41-30/h2-18H,19H2,1H3. The van der Waals surface area contributed by atoms with Crippen LogP contribution in [-0.4, -0.2) is 13.1 Å². The molecule has 0 saturated carbocycles. The molecular formula is C34H22O5S3. The molecule has 0 spiro atoms. The fourth-order valence-corrected chi connectivity index (χ4v) is 7.95. The van der Waals surface area contributed by atoms with Crippen molar-refractivity contribution >= 4 is 50.9 Å². The summed E-state index contributed by atoms with van der Waals surface area (Å²) in [5, 5.41) is 4.97. The Morgan fingerprint density at radius 2 is 1.62 bits per heavy atom. The maximum atomic E-state index is 12.7. The van der Waals surface area contributed by atoms with Gasteiger partial charge >= 0.3 is 5.97 Å². The first-order valence-electron chi connectivity index (χ1n) is 13.1. The lowest BCUT2D eigenvalue weighted by molar-refractivity contribution is 0.0601. The minimum Gasteiger partial charge on any atom is -0.489 e. The summed E-state index contributed by atoms with van der Waals surface area (Å²) in [5.41, 5.74) is 4.14. The Labute approximate surface area is 253 Å². The molecular weight excluding hydrogens is 585 g/mol. The van der Waals surface area contributed by atoms with Crippen molar-refractivity contribution in [3.8, 4) is 47.7 Å². The van der Waals surface area contributed by atoms with E-state index in [9.17, 15) is 9.59 Å². The van der Waals surface area contributed by atoms with Crippen molar-refractivity contribution in [2.45, 2.75) is 6.61 Å². The third-order valence-electron chi connectivity index (χ3n) is 6.98. The summed E-state index contributed by atoms with van der Waals surface area (Å²) in [6.45, 7) is 0.386. The molecule has 0 fully saturated rings. The predicted molar refractivity (Wildman–Crippen MR) is 171 cm³/mol. The maximum Gasteiger partial charge on any atom is 0.338 e. The number of carbonyl (C=O) groups is 1. The second kappa shape index (κ2) is 11.1. The fraction of sp³-hybridized carbons (Fsp3) is 0.0588. The van der Waals surface area contributed by atoms with E-state index in [1.54, 1.807) is 52.2 Å². The third-order valence-corrected chi connectivity index (χ3v) is 10.3. The largest absolute Gasteiger partial charge is 0.489 e. The number of esters is 1. The summed E-state index contributed by atoms with van der Waals surface area (Å²) >= 11 is 5.22. The van der Waals surface area contributed by atoms with Gasteiger partial charge in [0.05, 0.1) is 17.6 Å². The summed E-state index contributed by atoms with van der Waals surface area (Å²) in [5.74, 6) is 0.629. The average molecular weight is 607 g/mol. The van der Waals surface area contributed by atoms with Crippen LogP contribution in [0, 0.1) is 0 Å². The van der Waals surface area contributed by atoms with E-state index in [1.807, 2.05) is 30.3 Å². The molecule has 0 atom stereocenters. The van der Waals surface area contributed by atoms with Crippen molar-refractivity contribution in [3.05, 3.63) is 123 Å². The molecule has 5 nitrogen and oxygen atoms in total. The first-order chi connectivity index (χ1) is 20.6. The molecule has 1 aliphatic carbocycles. The lowest BCUT2D eigenvalue weighted by Gasteiger charge is -2.17. The molecule has 206 valence electrons. The van der Waals surface area contributed by atoms with Crippen LogP contribution in [0.3, 0.4) is 0 Å². The first-order valence-corrected chi connectivity index (χ1v) is 15.7. The minimum absolute atomic E-state index is 0.162. The Bertz CT molecular complexity index is 2070. The topological polar surface area (TPSA) is 65.7 Å². The zero-order valence-corrected chi connectivity index (χ0v) is 24.7. The highest BCUT2D eigenvalue weighted by Crippen LogP contribution is 2.44. The SMILES string of the molecule is COC(=O)c1ccccc1-c1c2ccc(=O)cc-2oc2cc(OCc3cc(-c4cccs4)sc3-c3cccs3)ccc12. The Hall–Kier alpha value is -4.50. The van der Waals surface area contributed by atoms with Gasteiger partial charge < -0.3 is 13.9 Å². The van der Waals surface area contributed by atoms with Crippen LogP contribution in [0.15, 0.2) is 111 Å². The van der Waals surface area contributed by atoms with Crippen LogP contribution in [0.4, 0.5) is 0 Å². The maximum absolute atomic E-state index is 12.7. The number of benzene rings is 3. The van der Waals surface area contributed by atoms with Crippen molar-refractivity contribution < 1.29 is 18.7 Å². The molecule has 0 N–H and O–H groups in total. The molecule has 7 rings (SSSR count). The molecule has 0 bridgehead atoms. The normalized spacial score (nSPS) is 11.3. The molecule has 4 heterocycles. The van der Waals surface area contributed by atoms with Crippen LogP contribution in [0.2, 0.25) is 0 Å². The van der Waals surface area contributed by atoms with Crippen molar-refractivity contribution in [3.63, 3.8) is 0 Å². The van der Waals surface area contributed by atoms with Crippen LogP contribution in [0.5, 0.6) is 5.75 Å².